The van der Waals surface area contributed by atoms with E-state index >= 15 is 0 Å². The number of benzene rings is 3. The molecule has 5 N–H and O–H groups in total. The third kappa shape index (κ3) is 9.98. The van der Waals surface area contributed by atoms with Gasteiger partial charge in [0.1, 0.15) is 17.8 Å². The Morgan fingerprint density at radius 2 is 1.48 bits per heavy atom. The number of fused-ring (bicyclic) bond motifs is 1. The van der Waals surface area contributed by atoms with E-state index in [0.29, 0.717) is 0 Å². The second-order valence-corrected chi connectivity index (χ2v) is 11.1. The smallest absolute Gasteiger partial charge is 0.289 e. The lowest BCUT2D eigenvalue weighted by atomic mass is 10.0. The minimum Gasteiger partial charge on any atom is -0.361 e. The fourth-order valence-electron chi connectivity index (χ4n) is 4.74. The summed E-state index contributed by atoms with van der Waals surface area (Å²) < 4.78 is 1.38. The van der Waals surface area contributed by atoms with Gasteiger partial charge >= 0.3 is 0 Å². The topological polar surface area (TPSA) is 167 Å². The summed E-state index contributed by atoms with van der Waals surface area (Å²) in [6.07, 6.45) is 3.30. The number of carbonyl (C=O) groups excluding carboxylic acids is 5. The van der Waals surface area contributed by atoms with E-state index in [1.54, 1.807) is 13.2 Å². The number of para-hydroxylation sites is 1. The molecule has 0 saturated carbocycles. The molecule has 12 nitrogen and oxygen atoms in total. The molecule has 3 aromatic carbocycles. The lowest BCUT2D eigenvalue weighted by Gasteiger charge is -2.21. The number of Topliss-reactive ketones (excluding diaryl/α,β-unsaturated/α-hetero) is 1. The van der Waals surface area contributed by atoms with Crippen LogP contribution in [0.5, 0.6) is 0 Å². The number of nitrogens with one attached hydrogen (secondary N) is 5. The van der Waals surface area contributed by atoms with Crippen LogP contribution in [0.2, 0.25) is 0 Å². The van der Waals surface area contributed by atoms with Gasteiger partial charge in [0.25, 0.3) is 11.8 Å². The molecule has 2 atom stereocenters. The maximum absolute atomic E-state index is 13.2. The highest BCUT2D eigenvalue weighted by Crippen LogP contribution is 2.19. The number of aromatic amines is 1. The van der Waals surface area contributed by atoms with E-state index in [1.165, 1.54) is 29.4 Å². The van der Waals surface area contributed by atoms with E-state index in [1.807, 2.05) is 72.8 Å². The Kier molecular flexibility index (Phi) is 12.4. The maximum atomic E-state index is 13.2. The summed E-state index contributed by atoms with van der Waals surface area (Å²) in [6.45, 7) is 3.19. The maximum Gasteiger partial charge on any atom is 0.289 e. The van der Waals surface area contributed by atoms with E-state index in [4.69, 9.17) is 0 Å². The first-order chi connectivity index (χ1) is 23.1. The van der Waals surface area contributed by atoms with Gasteiger partial charge in [-0.1, -0.05) is 84.4 Å². The van der Waals surface area contributed by atoms with Crippen molar-refractivity contribution in [1.29, 1.82) is 0 Å². The van der Waals surface area contributed by atoms with Gasteiger partial charge in [0.15, 0.2) is 0 Å². The van der Waals surface area contributed by atoms with E-state index in [2.05, 4.69) is 50.4 Å². The van der Waals surface area contributed by atoms with Gasteiger partial charge in [0, 0.05) is 43.3 Å². The summed E-state index contributed by atoms with van der Waals surface area (Å²) in [5.41, 5.74) is 4.03. The summed E-state index contributed by atoms with van der Waals surface area (Å²) in [6, 6.07) is 26.3. The van der Waals surface area contributed by atoms with Crippen molar-refractivity contribution in [2.75, 3.05) is 6.54 Å². The van der Waals surface area contributed by atoms with Crippen molar-refractivity contribution in [2.45, 2.75) is 38.9 Å². The first-order valence-electron chi connectivity index (χ1n) is 15.4. The fraction of sp³-hybridized carbons (Fsp3) is 0.222. The summed E-state index contributed by atoms with van der Waals surface area (Å²) in [7, 11) is 1.60. The van der Waals surface area contributed by atoms with Gasteiger partial charge in [0.05, 0.1) is 6.54 Å². The molecule has 248 valence electrons. The Morgan fingerprint density at radius 3 is 2.12 bits per heavy atom. The highest BCUT2D eigenvalue weighted by molar-refractivity contribution is 6.37. The second-order valence-electron chi connectivity index (χ2n) is 11.1. The summed E-state index contributed by atoms with van der Waals surface area (Å²) >= 11 is 0. The molecule has 0 aliphatic rings. The van der Waals surface area contributed by atoms with Gasteiger partial charge in [-0.05, 0) is 37.1 Å². The predicted octanol–water partition coefficient (Wildman–Crippen LogP) is 2.74. The molecular weight excluding hydrogens is 610 g/mol. The molecule has 0 fully saturated rings. The third-order valence-electron chi connectivity index (χ3n) is 7.44. The molecule has 2 aromatic heterocycles. The normalized spacial score (nSPS) is 11.7. The summed E-state index contributed by atoms with van der Waals surface area (Å²) in [5, 5.41) is 15.1. The van der Waals surface area contributed by atoms with Crippen LogP contribution in [0, 0.1) is 6.92 Å². The Morgan fingerprint density at radius 1 is 0.812 bits per heavy atom. The molecule has 5 aromatic rings. The van der Waals surface area contributed by atoms with E-state index in [9.17, 15) is 24.0 Å². The lowest BCUT2D eigenvalue weighted by Crippen LogP contribution is -2.54. The first kappa shape index (κ1) is 34.8. The molecular formula is C36H39N7O5. The molecule has 2 heterocycles. The second kappa shape index (κ2) is 17.0. The standard InChI is InChI=1S/C29H31N7O5.C7H8/c1-18(34-28(40)24-12-13-33-36(24)2)26(38)35-23(14-20-16-30-22-11-7-6-10-21(20)22)27(39)32-17-25(37)29(41)31-15-19-8-4-3-5-9-19;1-7-5-3-2-4-6-7/h3-13,16,18,23,30H,14-15,17H2,1-2H3,(H,31,41)(H,32,39)(H,34,40)(H,35,38);2-6H,1H3/t18-,23?;/m0./s1. The molecule has 0 saturated heterocycles. The number of carbonyl (C=O) groups is 5. The number of ketones is 1. The van der Waals surface area contributed by atoms with Crippen molar-refractivity contribution in [3.63, 3.8) is 0 Å². The van der Waals surface area contributed by atoms with Crippen LogP contribution in [0.4, 0.5) is 0 Å². The average molecular weight is 650 g/mol. The SMILES string of the molecule is C[C@H](NC(=O)c1ccnn1C)C(=O)NC(Cc1c[nH]c2ccccc12)C(=O)NCC(=O)C(=O)NCc1ccccc1.Cc1ccccc1. The zero-order chi connectivity index (χ0) is 34.5. The van der Waals surface area contributed by atoms with Crippen LogP contribution in [-0.2, 0) is 39.2 Å². The number of rotatable bonds is 12. The van der Waals surface area contributed by atoms with Crippen molar-refractivity contribution in [2.24, 2.45) is 7.05 Å². The van der Waals surface area contributed by atoms with Gasteiger partial charge in [-0.25, -0.2) is 0 Å². The van der Waals surface area contributed by atoms with Crippen LogP contribution in [0.25, 0.3) is 10.9 Å². The Balaban J connectivity index is 0.000000659. The number of amides is 4. The lowest BCUT2D eigenvalue weighted by molar-refractivity contribution is -0.138. The zero-order valence-corrected chi connectivity index (χ0v) is 27.0. The van der Waals surface area contributed by atoms with Crippen molar-refractivity contribution in [1.82, 2.24) is 36.0 Å². The van der Waals surface area contributed by atoms with Crippen LogP contribution in [0.1, 0.15) is 34.1 Å². The van der Waals surface area contributed by atoms with Gasteiger partial charge in [-0.2, -0.15) is 5.10 Å². The quantitative estimate of drug-likeness (QED) is 0.130. The number of aryl methyl sites for hydroxylation is 2. The largest absolute Gasteiger partial charge is 0.361 e. The predicted molar refractivity (Wildman–Crippen MR) is 182 cm³/mol. The minimum atomic E-state index is -1.10. The molecule has 0 radical (unpaired) electrons. The van der Waals surface area contributed by atoms with Crippen LogP contribution in [0.3, 0.4) is 0 Å². The average Bonchev–Trinajstić information content (AvgIpc) is 3.72. The first-order valence-corrected chi connectivity index (χ1v) is 15.4. The van der Waals surface area contributed by atoms with Crippen LogP contribution in [-0.4, -0.2) is 62.8 Å². The number of aromatic nitrogens is 3. The molecule has 5 rings (SSSR count). The van der Waals surface area contributed by atoms with Crippen LogP contribution in [0.15, 0.2) is 103 Å². The van der Waals surface area contributed by atoms with Crippen molar-refractivity contribution < 1.29 is 24.0 Å². The van der Waals surface area contributed by atoms with Gasteiger partial charge in [0.2, 0.25) is 17.6 Å². The third-order valence-corrected chi connectivity index (χ3v) is 7.44. The molecule has 0 bridgehead atoms. The number of H-pyrrole nitrogens is 1. The Bertz CT molecular complexity index is 1850. The van der Waals surface area contributed by atoms with Crippen molar-refractivity contribution in [3.8, 4) is 0 Å². The molecule has 1 unspecified atom stereocenters. The molecule has 0 spiro atoms. The minimum absolute atomic E-state index is 0.0956. The molecule has 12 heteroatoms. The number of hydrogen-bond acceptors (Lipinski definition) is 6. The van der Waals surface area contributed by atoms with Gasteiger partial charge in [-0.15, -0.1) is 0 Å². The van der Waals surface area contributed by atoms with E-state index < -0.39 is 48.0 Å². The number of nitrogens with zero attached hydrogens (tertiary/aromatic N) is 2. The van der Waals surface area contributed by atoms with Crippen molar-refractivity contribution >= 4 is 40.3 Å². The van der Waals surface area contributed by atoms with Gasteiger partial charge < -0.3 is 26.3 Å². The molecule has 48 heavy (non-hydrogen) atoms. The Hall–Kier alpha value is -6.04. The van der Waals surface area contributed by atoms with Crippen LogP contribution < -0.4 is 21.3 Å². The monoisotopic (exact) mass is 649 g/mol. The highest BCUT2D eigenvalue weighted by Gasteiger charge is 2.27. The summed E-state index contributed by atoms with van der Waals surface area (Å²) in [5.74, 6) is -3.43. The Labute approximate surface area is 278 Å². The molecule has 4 amide bonds. The van der Waals surface area contributed by atoms with Crippen LogP contribution >= 0.6 is 0 Å². The van der Waals surface area contributed by atoms with E-state index in [0.717, 1.165) is 22.0 Å². The molecule has 0 aliphatic heterocycles. The van der Waals surface area contributed by atoms with E-state index in [-0.39, 0.29) is 18.7 Å². The molecule has 0 aliphatic carbocycles. The number of hydrogen-bond donors (Lipinski definition) is 5. The fourth-order valence-corrected chi connectivity index (χ4v) is 4.74. The van der Waals surface area contributed by atoms with Crippen molar-refractivity contribution in [3.05, 3.63) is 126 Å². The zero-order valence-electron chi connectivity index (χ0n) is 27.0. The summed E-state index contributed by atoms with van der Waals surface area (Å²) in [4.78, 5) is 66.6. The van der Waals surface area contributed by atoms with Gasteiger partial charge in [-0.3, -0.25) is 28.7 Å². The highest BCUT2D eigenvalue weighted by atomic mass is 16.2.